The van der Waals surface area contributed by atoms with Crippen molar-refractivity contribution in [1.29, 1.82) is 0 Å². The maximum Gasteiger partial charge on any atom is 0.197 e. The summed E-state index contributed by atoms with van der Waals surface area (Å²) in [6.45, 7) is 2.09. The summed E-state index contributed by atoms with van der Waals surface area (Å²) in [7, 11) is 0. The average Bonchev–Trinajstić information content (AvgIpc) is 2.95. The van der Waals surface area contributed by atoms with Gasteiger partial charge in [-0.3, -0.25) is 5.11 Å². The summed E-state index contributed by atoms with van der Waals surface area (Å²) in [6.07, 6.45) is 2.44. The molecule has 75 valence electrons. The second-order valence-corrected chi connectivity index (χ2v) is 4.68. The van der Waals surface area contributed by atoms with Gasteiger partial charge in [0.05, 0.1) is 5.02 Å². The molecule has 0 heterocycles. The van der Waals surface area contributed by atoms with E-state index in [2.05, 4.69) is 6.92 Å². The first-order chi connectivity index (χ1) is 6.61. The molecule has 0 amide bonds. The van der Waals surface area contributed by atoms with Crippen LogP contribution in [0.4, 0.5) is 0 Å². The maximum atomic E-state index is 11.3. The van der Waals surface area contributed by atoms with E-state index in [1.54, 1.807) is 6.07 Å². The van der Waals surface area contributed by atoms with E-state index in [9.17, 15) is 5.11 Å². The first-order valence-electron chi connectivity index (χ1n) is 4.76. The molecule has 3 heteroatoms. The van der Waals surface area contributed by atoms with Crippen LogP contribution in [-0.4, -0.2) is 0 Å². The fourth-order valence-corrected chi connectivity index (χ4v) is 2.51. The summed E-state index contributed by atoms with van der Waals surface area (Å²) in [6, 6.07) is 3.07. The zero-order valence-electron chi connectivity index (χ0n) is 7.89. The lowest BCUT2D eigenvalue weighted by Crippen LogP contribution is -1.97. The van der Waals surface area contributed by atoms with Gasteiger partial charge in [0.25, 0.3) is 0 Å². The third-order valence-electron chi connectivity index (χ3n) is 2.88. The smallest absolute Gasteiger partial charge is 0.197 e. The Balaban J connectivity index is 2.43. The molecule has 1 fully saturated rings. The Bertz CT molecular complexity index is 359. The van der Waals surface area contributed by atoms with Crippen molar-refractivity contribution >= 4 is 23.2 Å². The maximum absolute atomic E-state index is 11.3. The second-order valence-electron chi connectivity index (χ2n) is 3.90. The Hall–Kier alpha value is -0.400. The van der Waals surface area contributed by atoms with Crippen LogP contribution in [0.3, 0.4) is 0 Å². The molecule has 1 saturated carbocycles. The molecule has 1 atom stereocenters. The molecule has 1 radical (unpaired) electrons. The van der Waals surface area contributed by atoms with Gasteiger partial charge in [0.15, 0.2) is 5.75 Å². The highest BCUT2D eigenvalue weighted by molar-refractivity contribution is 6.37. The minimum atomic E-state index is -0.126. The number of hydrogen-bond donors (Lipinski definition) is 0. The van der Waals surface area contributed by atoms with Crippen molar-refractivity contribution in [3.05, 3.63) is 27.7 Å². The zero-order valence-corrected chi connectivity index (χ0v) is 9.40. The van der Waals surface area contributed by atoms with Crippen LogP contribution in [0, 0.1) is 5.92 Å². The lowest BCUT2D eigenvalue weighted by molar-refractivity contribution is 0.354. The normalized spacial score (nSPS) is 18.2. The van der Waals surface area contributed by atoms with Crippen LogP contribution >= 0.6 is 23.2 Å². The SMILES string of the molecule is CC(c1c(Cl)ccc([O])c1Cl)C1CC1. The van der Waals surface area contributed by atoms with E-state index < -0.39 is 0 Å². The molecular formula is C11H11Cl2O. The van der Waals surface area contributed by atoms with Crippen LogP contribution in [0.15, 0.2) is 12.1 Å². The molecule has 1 aliphatic carbocycles. The van der Waals surface area contributed by atoms with Crippen molar-refractivity contribution in [1.82, 2.24) is 0 Å². The van der Waals surface area contributed by atoms with Crippen LogP contribution in [-0.2, 0) is 5.11 Å². The van der Waals surface area contributed by atoms with Gasteiger partial charge in [0, 0.05) is 5.02 Å². The monoisotopic (exact) mass is 229 g/mol. The van der Waals surface area contributed by atoms with E-state index in [1.165, 1.54) is 18.9 Å². The summed E-state index contributed by atoms with van der Waals surface area (Å²) in [5.41, 5.74) is 0.836. The molecule has 1 unspecified atom stereocenters. The number of halogens is 2. The zero-order chi connectivity index (χ0) is 10.3. The molecule has 1 aliphatic rings. The summed E-state index contributed by atoms with van der Waals surface area (Å²) in [4.78, 5) is 0. The largest absolute Gasteiger partial charge is 0.288 e. The Kier molecular flexibility index (Phi) is 2.63. The van der Waals surface area contributed by atoms with Gasteiger partial charge >= 0.3 is 0 Å². The van der Waals surface area contributed by atoms with Crippen LogP contribution in [0.25, 0.3) is 0 Å². The fraction of sp³-hybridized carbons (Fsp3) is 0.455. The predicted molar refractivity (Wildman–Crippen MR) is 57.7 cm³/mol. The average molecular weight is 230 g/mol. The highest BCUT2D eigenvalue weighted by Crippen LogP contribution is 2.48. The number of rotatable bonds is 2. The van der Waals surface area contributed by atoms with Gasteiger partial charge in [0.2, 0.25) is 0 Å². The third kappa shape index (κ3) is 1.71. The summed E-state index contributed by atoms with van der Waals surface area (Å²) >= 11 is 12.0. The Labute approximate surface area is 93.7 Å². The first-order valence-corrected chi connectivity index (χ1v) is 5.51. The van der Waals surface area contributed by atoms with Crippen LogP contribution < -0.4 is 0 Å². The minimum Gasteiger partial charge on any atom is -0.288 e. The summed E-state index contributed by atoms with van der Waals surface area (Å²) < 4.78 is 0. The second kappa shape index (κ2) is 3.63. The van der Waals surface area contributed by atoms with Gasteiger partial charge < -0.3 is 0 Å². The Morgan fingerprint density at radius 1 is 1.36 bits per heavy atom. The quantitative estimate of drug-likeness (QED) is 0.704. The minimum absolute atomic E-state index is 0.126. The van der Waals surface area contributed by atoms with Crippen LogP contribution in [0.5, 0.6) is 5.75 Å². The van der Waals surface area contributed by atoms with Gasteiger partial charge in [-0.2, -0.15) is 0 Å². The molecule has 0 bridgehead atoms. The molecule has 0 aliphatic heterocycles. The van der Waals surface area contributed by atoms with E-state index in [4.69, 9.17) is 23.2 Å². The fourth-order valence-electron chi connectivity index (χ4n) is 1.80. The number of hydrogen-bond acceptors (Lipinski definition) is 0. The predicted octanol–water partition coefficient (Wildman–Crippen LogP) is 4.65. The highest BCUT2D eigenvalue weighted by atomic mass is 35.5. The molecule has 0 N–H and O–H groups in total. The van der Waals surface area contributed by atoms with Crippen LogP contribution in [0.2, 0.25) is 10.0 Å². The van der Waals surface area contributed by atoms with Gasteiger partial charge in [-0.25, -0.2) is 0 Å². The van der Waals surface area contributed by atoms with Crippen molar-refractivity contribution in [3.8, 4) is 5.75 Å². The topological polar surface area (TPSA) is 19.9 Å². The third-order valence-corrected chi connectivity index (χ3v) is 3.60. The van der Waals surface area contributed by atoms with Crippen molar-refractivity contribution < 1.29 is 5.11 Å². The molecule has 1 aromatic carbocycles. The molecule has 1 nitrogen and oxygen atoms in total. The Morgan fingerprint density at radius 2 is 2.00 bits per heavy atom. The highest BCUT2D eigenvalue weighted by Gasteiger charge is 2.32. The van der Waals surface area contributed by atoms with Crippen molar-refractivity contribution in [2.75, 3.05) is 0 Å². The standard InChI is InChI=1S/C11H11Cl2O/c1-6(7-2-3-7)10-8(12)4-5-9(14)11(10)13/h4-7H,2-3H2,1H3. The van der Waals surface area contributed by atoms with Crippen molar-refractivity contribution in [2.45, 2.75) is 25.7 Å². The first kappa shape index (κ1) is 10.1. The van der Waals surface area contributed by atoms with Crippen molar-refractivity contribution in [3.63, 3.8) is 0 Å². The number of benzene rings is 1. The lowest BCUT2D eigenvalue weighted by Gasteiger charge is -2.14. The van der Waals surface area contributed by atoms with E-state index in [0.29, 0.717) is 21.9 Å². The van der Waals surface area contributed by atoms with E-state index in [1.807, 2.05) is 0 Å². The van der Waals surface area contributed by atoms with Gasteiger partial charge in [-0.15, -0.1) is 0 Å². The van der Waals surface area contributed by atoms with Gasteiger partial charge in [-0.05, 0) is 42.4 Å². The molecule has 14 heavy (non-hydrogen) atoms. The summed E-state index contributed by atoms with van der Waals surface area (Å²) in [5, 5.41) is 12.3. The Morgan fingerprint density at radius 3 is 2.57 bits per heavy atom. The van der Waals surface area contributed by atoms with Crippen molar-refractivity contribution in [2.24, 2.45) is 5.92 Å². The summed E-state index contributed by atoms with van der Waals surface area (Å²) in [5.74, 6) is 0.842. The molecule has 2 rings (SSSR count). The van der Waals surface area contributed by atoms with Crippen LogP contribution in [0.1, 0.15) is 31.2 Å². The molecule has 0 saturated heterocycles. The molecule has 0 spiro atoms. The van der Waals surface area contributed by atoms with E-state index >= 15 is 0 Å². The van der Waals surface area contributed by atoms with Gasteiger partial charge in [0.1, 0.15) is 0 Å². The van der Waals surface area contributed by atoms with E-state index in [-0.39, 0.29) is 5.75 Å². The molecular weight excluding hydrogens is 219 g/mol. The lowest BCUT2D eigenvalue weighted by atomic mass is 9.96. The molecule has 0 aromatic heterocycles. The molecule has 1 aromatic rings. The van der Waals surface area contributed by atoms with E-state index in [0.717, 1.165) is 5.56 Å². The van der Waals surface area contributed by atoms with Gasteiger partial charge in [-0.1, -0.05) is 30.1 Å².